The highest BCUT2D eigenvalue weighted by atomic mass is 127. The van der Waals surface area contributed by atoms with Crippen molar-refractivity contribution in [2.45, 2.75) is 51.1 Å². The Morgan fingerprint density at radius 3 is 2.31 bits per heavy atom. The van der Waals surface area contributed by atoms with Gasteiger partial charge in [-0.3, -0.25) is 0 Å². The molecule has 2 rings (SSSR count). The molecule has 0 aromatic carbocycles. The van der Waals surface area contributed by atoms with Crippen LogP contribution >= 0.6 is 0 Å². The lowest BCUT2D eigenvalue weighted by atomic mass is 9.84. The number of halogens is 1. The molecule has 0 N–H and O–H groups in total. The molecule has 0 bridgehead atoms. The Hall–Kier alpha value is 0.690. The first-order chi connectivity index (χ1) is 5.62. The van der Waals surface area contributed by atoms with Gasteiger partial charge in [0, 0.05) is 12.3 Å². The maximum Gasteiger partial charge on any atom is 0.0918 e. The van der Waals surface area contributed by atoms with Gasteiger partial charge < -0.3 is 28.5 Å². The van der Waals surface area contributed by atoms with Crippen molar-refractivity contribution in [3.05, 3.63) is 0 Å². The molecule has 1 saturated heterocycles. The van der Waals surface area contributed by atoms with Crippen LogP contribution in [0.15, 0.2) is 0 Å². The number of rotatable bonds is 0. The molecular weight excluding hydrogens is 273 g/mol. The second kappa shape index (κ2) is 4.05. The summed E-state index contributed by atoms with van der Waals surface area (Å²) in [7, 11) is 4.86. The molecule has 1 aliphatic carbocycles. The summed E-state index contributed by atoms with van der Waals surface area (Å²) in [5.74, 6) is 1.06. The molecule has 0 radical (unpaired) electrons. The Bertz CT molecular complexity index is 179. The van der Waals surface area contributed by atoms with Crippen LogP contribution in [0.4, 0.5) is 0 Å². The van der Waals surface area contributed by atoms with Crippen molar-refractivity contribution in [1.29, 1.82) is 0 Å². The second-order valence-electron chi connectivity index (χ2n) is 5.33. The summed E-state index contributed by atoms with van der Waals surface area (Å²) >= 11 is 0. The zero-order valence-electron chi connectivity index (χ0n) is 9.09. The quantitative estimate of drug-likeness (QED) is 0.414. The van der Waals surface area contributed by atoms with Crippen LogP contribution in [0.25, 0.3) is 0 Å². The summed E-state index contributed by atoms with van der Waals surface area (Å²) in [5, 5.41) is 0. The van der Waals surface area contributed by atoms with Crippen LogP contribution in [0.3, 0.4) is 0 Å². The molecule has 3 atom stereocenters. The van der Waals surface area contributed by atoms with Crippen molar-refractivity contribution in [2.75, 3.05) is 14.1 Å². The number of hydrogen-bond acceptors (Lipinski definition) is 0. The van der Waals surface area contributed by atoms with Crippen molar-refractivity contribution in [3.63, 3.8) is 0 Å². The van der Waals surface area contributed by atoms with Crippen molar-refractivity contribution in [3.8, 4) is 0 Å². The number of hydrogen-bond donors (Lipinski definition) is 0. The highest BCUT2D eigenvalue weighted by Gasteiger charge is 2.47. The summed E-state index contributed by atoms with van der Waals surface area (Å²) in [6, 6.07) is 1.90. The van der Waals surface area contributed by atoms with E-state index in [0.29, 0.717) is 0 Å². The van der Waals surface area contributed by atoms with Gasteiger partial charge in [0.1, 0.15) is 0 Å². The summed E-state index contributed by atoms with van der Waals surface area (Å²) in [4.78, 5) is 0. The normalized spacial score (nSPS) is 42.2. The summed E-state index contributed by atoms with van der Waals surface area (Å²) in [6.07, 6.45) is 7.46. The molecular formula is C11H22IN. The SMILES string of the molecule is CC1CC2CCCCC2[N+]1(C)C.[I-]. The van der Waals surface area contributed by atoms with E-state index in [1.165, 1.54) is 36.6 Å². The zero-order valence-corrected chi connectivity index (χ0v) is 11.3. The Kier molecular flexibility index (Phi) is 3.67. The average Bonchev–Trinajstić information content (AvgIpc) is 2.25. The van der Waals surface area contributed by atoms with E-state index in [2.05, 4.69) is 21.0 Å². The van der Waals surface area contributed by atoms with Crippen LogP contribution in [0.5, 0.6) is 0 Å². The van der Waals surface area contributed by atoms with E-state index in [1.54, 1.807) is 0 Å². The number of likely N-dealkylation sites (tertiary alicyclic amines) is 1. The van der Waals surface area contributed by atoms with Crippen molar-refractivity contribution in [1.82, 2.24) is 0 Å². The third kappa shape index (κ3) is 1.89. The Balaban J connectivity index is 0.000000845. The minimum Gasteiger partial charge on any atom is -1.00 e. The minimum atomic E-state index is 0. The summed E-state index contributed by atoms with van der Waals surface area (Å²) in [6.45, 7) is 2.43. The van der Waals surface area contributed by atoms with E-state index >= 15 is 0 Å². The van der Waals surface area contributed by atoms with E-state index in [0.717, 1.165) is 18.0 Å². The first-order valence-electron chi connectivity index (χ1n) is 5.45. The lowest BCUT2D eigenvalue weighted by molar-refractivity contribution is -0.925. The van der Waals surface area contributed by atoms with Gasteiger partial charge >= 0.3 is 0 Å². The highest BCUT2D eigenvalue weighted by Crippen LogP contribution is 2.42. The number of quaternary nitrogens is 1. The van der Waals surface area contributed by atoms with Crippen LogP contribution in [-0.2, 0) is 0 Å². The molecule has 13 heavy (non-hydrogen) atoms. The van der Waals surface area contributed by atoms with Crippen LogP contribution in [0, 0.1) is 5.92 Å². The largest absolute Gasteiger partial charge is 1.00 e. The molecule has 1 heterocycles. The van der Waals surface area contributed by atoms with E-state index < -0.39 is 0 Å². The molecule has 0 spiro atoms. The minimum absolute atomic E-state index is 0. The predicted octanol–water partition coefficient (Wildman–Crippen LogP) is -0.582. The smallest absolute Gasteiger partial charge is 0.0918 e. The highest BCUT2D eigenvalue weighted by molar-refractivity contribution is 4.84. The topological polar surface area (TPSA) is 0 Å². The van der Waals surface area contributed by atoms with Gasteiger partial charge in [-0.25, -0.2) is 0 Å². The average molecular weight is 295 g/mol. The Morgan fingerprint density at radius 2 is 1.69 bits per heavy atom. The van der Waals surface area contributed by atoms with Gasteiger partial charge in [-0.2, -0.15) is 0 Å². The maximum absolute atomic E-state index is 2.43. The van der Waals surface area contributed by atoms with Crippen LogP contribution in [0.1, 0.15) is 39.0 Å². The predicted molar refractivity (Wildman–Crippen MR) is 51.9 cm³/mol. The third-order valence-corrected chi connectivity index (χ3v) is 4.50. The third-order valence-electron chi connectivity index (χ3n) is 4.50. The zero-order chi connectivity index (χ0) is 8.77. The molecule has 0 amide bonds. The van der Waals surface area contributed by atoms with Gasteiger partial charge in [0.25, 0.3) is 0 Å². The van der Waals surface area contributed by atoms with Gasteiger partial charge in [0.2, 0.25) is 0 Å². The van der Waals surface area contributed by atoms with Gasteiger partial charge in [-0.15, -0.1) is 0 Å². The summed E-state index contributed by atoms with van der Waals surface area (Å²) < 4.78 is 1.30. The number of fused-ring (bicyclic) bond motifs is 1. The van der Waals surface area contributed by atoms with Gasteiger partial charge in [-0.1, -0.05) is 6.42 Å². The fourth-order valence-electron chi connectivity index (χ4n) is 3.38. The molecule has 78 valence electrons. The molecule has 1 aliphatic heterocycles. The van der Waals surface area contributed by atoms with E-state index in [9.17, 15) is 0 Å². The van der Waals surface area contributed by atoms with Crippen LogP contribution in [0.2, 0.25) is 0 Å². The molecule has 0 aromatic rings. The lowest BCUT2D eigenvalue weighted by Gasteiger charge is -2.39. The van der Waals surface area contributed by atoms with Gasteiger partial charge in [0.15, 0.2) is 0 Å². The van der Waals surface area contributed by atoms with Crippen LogP contribution < -0.4 is 24.0 Å². The summed E-state index contributed by atoms with van der Waals surface area (Å²) in [5.41, 5.74) is 0. The molecule has 0 aromatic heterocycles. The Labute approximate surface area is 99.5 Å². The fourth-order valence-corrected chi connectivity index (χ4v) is 3.38. The van der Waals surface area contributed by atoms with Gasteiger partial charge in [-0.05, 0) is 26.2 Å². The van der Waals surface area contributed by atoms with Crippen molar-refractivity contribution >= 4 is 0 Å². The standard InChI is InChI=1S/C11H22N.HI/c1-9-8-10-6-4-5-7-11(10)12(9,2)3;/h9-11H,4-8H2,1-3H3;1H/q+1;/p-1. The Morgan fingerprint density at radius 1 is 1.08 bits per heavy atom. The molecule has 2 fully saturated rings. The maximum atomic E-state index is 2.43. The second-order valence-corrected chi connectivity index (χ2v) is 5.33. The van der Waals surface area contributed by atoms with Crippen LogP contribution in [-0.4, -0.2) is 30.7 Å². The van der Waals surface area contributed by atoms with E-state index in [4.69, 9.17) is 0 Å². The number of nitrogens with zero attached hydrogens (tertiary/aromatic N) is 1. The molecule has 1 saturated carbocycles. The lowest BCUT2D eigenvalue weighted by Crippen LogP contribution is -3.00. The van der Waals surface area contributed by atoms with Gasteiger partial charge in [0.05, 0.1) is 26.2 Å². The first-order valence-corrected chi connectivity index (χ1v) is 5.45. The van der Waals surface area contributed by atoms with Crippen molar-refractivity contribution in [2.24, 2.45) is 5.92 Å². The van der Waals surface area contributed by atoms with E-state index in [-0.39, 0.29) is 24.0 Å². The monoisotopic (exact) mass is 295 g/mol. The molecule has 2 aliphatic rings. The molecule has 2 heteroatoms. The first kappa shape index (κ1) is 11.8. The molecule has 1 nitrogen and oxygen atoms in total. The van der Waals surface area contributed by atoms with Crippen molar-refractivity contribution < 1.29 is 28.5 Å². The fraction of sp³-hybridized carbons (Fsp3) is 1.00. The van der Waals surface area contributed by atoms with E-state index in [1.807, 2.05) is 0 Å². The molecule has 3 unspecified atom stereocenters.